The molecule has 0 saturated carbocycles. The van der Waals surface area contributed by atoms with Crippen molar-refractivity contribution >= 4 is 11.2 Å². The minimum atomic E-state index is 0.471. The molecule has 3 aromatic heterocycles. The van der Waals surface area contributed by atoms with Crippen molar-refractivity contribution < 1.29 is 4.42 Å². The zero-order valence-corrected chi connectivity index (χ0v) is 12.1. The minimum Gasteiger partial charge on any atom is -0.467 e. The van der Waals surface area contributed by atoms with Gasteiger partial charge in [-0.2, -0.15) is 0 Å². The Morgan fingerprint density at radius 3 is 3.05 bits per heavy atom. The molecular weight excluding hydrogens is 264 g/mol. The summed E-state index contributed by atoms with van der Waals surface area (Å²) in [5.41, 5.74) is 1.91. The Hall–Kier alpha value is -2.14. The Morgan fingerprint density at radius 2 is 2.29 bits per heavy atom. The molecule has 1 saturated heterocycles. The van der Waals surface area contributed by atoms with Gasteiger partial charge in [0.05, 0.1) is 12.8 Å². The molecule has 3 aromatic rings. The lowest BCUT2D eigenvalue weighted by Gasteiger charge is -2.12. The van der Waals surface area contributed by atoms with E-state index in [-0.39, 0.29) is 0 Å². The highest BCUT2D eigenvalue weighted by molar-refractivity contribution is 5.71. The summed E-state index contributed by atoms with van der Waals surface area (Å²) < 4.78 is 7.71. The maximum absolute atomic E-state index is 5.51. The second-order valence-electron chi connectivity index (χ2n) is 5.73. The average molecular weight is 282 g/mol. The van der Waals surface area contributed by atoms with Gasteiger partial charge in [-0.3, -0.25) is 0 Å². The second-order valence-corrected chi connectivity index (χ2v) is 5.73. The third kappa shape index (κ3) is 2.23. The van der Waals surface area contributed by atoms with Crippen molar-refractivity contribution in [1.82, 2.24) is 19.4 Å². The summed E-state index contributed by atoms with van der Waals surface area (Å²) in [4.78, 5) is 11.7. The van der Waals surface area contributed by atoms with Gasteiger partial charge in [-0.1, -0.05) is 0 Å². The monoisotopic (exact) mass is 282 g/mol. The SMILES string of the molecule is CN1CCC(c2nc3cccnc3n2Cc2ccco2)C1. The molecule has 21 heavy (non-hydrogen) atoms. The minimum absolute atomic E-state index is 0.471. The van der Waals surface area contributed by atoms with Gasteiger partial charge in [-0.25, -0.2) is 9.97 Å². The van der Waals surface area contributed by atoms with Gasteiger partial charge in [0.2, 0.25) is 0 Å². The molecule has 1 fully saturated rings. The Morgan fingerprint density at radius 1 is 1.33 bits per heavy atom. The van der Waals surface area contributed by atoms with Crippen LogP contribution in [0.25, 0.3) is 11.2 Å². The number of hydrogen-bond acceptors (Lipinski definition) is 4. The van der Waals surface area contributed by atoms with Gasteiger partial charge in [0.15, 0.2) is 5.65 Å². The molecule has 5 heteroatoms. The quantitative estimate of drug-likeness (QED) is 0.740. The fourth-order valence-electron chi connectivity index (χ4n) is 3.15. The smallest absolute Gasteiger partial charge is 0.160 e. The van der Waals surface area contributed by atoms with E-state index in [4.69, 9.17) is 9.40 Å². The van der Waals surface area contributed by atoms with Crippen LogP contribution >= 0.6 is 0 Å². The molecule has 0 amide bonds. The molecule has 4 rings (SSSR count). The van der Waals surface area contributed by atoms with Gasteiger partial charge < -0.3 is 13.9 Å². The van der Waals surface area contributed by atoms with E-state index >= 15 is 0 Å². The van der Waals surface area contributed by atoms with E-state index in [1.807, 2.05) is 30.5 Å². The summed E-state index contributed by atoms with van der Waals surface area (Å²) >= 11 is 0. The number of likely N-dealkylation sites (tertiary alicyclic amines) is 1. The number of likely N-dealkylation sites (N-methyl/N-ethyl adjacent to an activating group) is 1. The van der Waals surface area contributed by atoms with Crippen molar-refractivity contribution in [3.05, 3.63) is 48.3 Å². The van der Waals surface area contributed by atoms with Crippen molar-refractivity contribution in [2.45, 2.75) is 18.9 Å². The Bertz CT molecular complexity index is 747. The first-order valence-corrected chi connectivity index (χ1v) is 7.33. The highest BCUT2D eigenvalue weighted by Gasteiger charge is 2.27. The first-order valence-electron chi connectivity index (χ1n) is 7.33. The van der Waals surface area contributed by atoms with Gasteiger partial charge in [0, 0.05) is 18.7 Å². The summed E-state index contributed by atoms with van der Waals surface area (Å²) in [5, 5.41) is 0. The number of pyridine rings is 1. The first kappa shape index (κ1) is 12.6. The lowest BCUT2D eigenvalue weighted by molar-refractivity contribution is 0.407. The zero-order valence-electron chi connectivity index (χ0n) is 12.1. The number of aromatic nitrogens is 3. The highest BCUT2D eigenvalue weighted by Crippen LogP contribution is 2.28. The van der Waals surface area contributed by atoms with Gasteiger partial charge in [0.25, 0.3) is 0 Å². The van der Waals surface area contributed by atoms with E-state index in [1.165, 1.54) is 0 Å². The van der Waals surface area contributed by atoms with Crippen LogP contribution in [-0.2, 0) is 6.54 Å². The molecule has 0 radical (unpaired) electrons. The standard InChI is InChI=1S/C16H18N4O/c1-19-8-6-12(10-19)15-18-14-5-2-7-17-16(14)20(15)11-13-4-3-9-21-13/h2-5,7,9,12H,6,8,10-11H2,1H3. The predicted octanol–water partition coefficient (Wildman–Crippen LogP) is 2.49. The highest BCUT2D eigenvalue weighted by atomic mass is 16.3. The molecule has 5 nitrogen and oxygen atoms in total. The lowest BCUT2D eigenvalue weighted by atomic mass is 10.1. The van der Waals surface area contributed by atoms with E-state index in [2.05, 4.69) is 21.5 Å². The molecular formula is C16H18N4O. The first-order chi connectivity index (χ1) is 10.3. The van der Waals surface area contributed by atoms with Crippen LogP contribution in [0.2, 0.25) is 0 Å². The Balaban J connectivity index is 1.81. The van der Waals surface area contributed by atoms with Crippen molar-refractivity contribution in [2.24, 2.45) is 0 Å². The molecule has 0 aliphatic carbocycles. The molecule has 0 N–H and O–H groups in total. The Labute approximate surface area is 123 Å². The fourth-order valence-corrected chi connectivity index (χ4v) is 3.15. The van der Waals surface area contributed by atoms with E-state index in [1.54, 1.807) is 6.26 Å². The van der Waals surface area contributed by atoms with Gasteiger partial charge in [-0.15, -0.1) is 0 Å². The summed E-state index contributed by atoms with van der Waals surface area (Å²) in [6.07, 6.45) is 4.69. The van der Waals surface area contributed by atoms with Crippen molar-refractivity contribution in [2.75, 3.05) is 20.1 Å². The maximum atomic E-state index is 5.51. The van der Waals surface area contributed by atoms with Crippen molar-refractivity contribution in [3.8, 4) is 0 Å². The fraction of sp³-hybridized carbons (Fsp3) is 0.375. The molecule has 4 heterocycles. The normalized spacial score (nSPS) is 19.6. The maximum Gasteiger partial charge on any atom is 0.160 e. The van der Waals surface area contributed by atoms with Gasteiger partial charge in [0.1, 0.15) is 17.1 Å². The zero-order chi connectivity index (χ0) is 14.2. The van der Waals surface area contributed by atoms with Crippen LogP contribution in [0.15, 0.2) is 41.1 Å². The topological polar surface area (TPSA) is 47.1 Å². The number of rotatable bonds is 3. The van der Waals surface area contributed by atoms with E-state index in [0.29, 0.717) is 12.5 Å². The molecule has 1 unspecified atom stereocenters. The van der Waals surface area contributed by atoms with E-state index in [9.17, 15) is 0 Å². The summed E-state index contributed by atoms with van der Waals surface area (Å²) in [5.74, 6) is 2.54. The van der Waals surface area contributed by atoms with Crippen LogP contribution in [0.1, 0.15) is 23.9 Å². The summed E-state index contributed by atoms with van der Waals surface area (Å²) in [7, 11) is 2.16. The largest absolute Gasteiger partial charge is 0.467 e. The van der Waals surface area contributed by atoms with E-state index < -0.39 is 0 Å². The lowest BCUT2D eigenvalue weighted by Crippen LogP contribution is -2.16. The van der Waals surface area contributed by atoms with Crippen LogP contribution in [0.5, 0.6) is 0 Å². The van der Waals surface area contributed by atoms with Crippen LogP contribution < -0.4 is 0 Å². The average Bonchev–Trinajstić information content (AvgIpc) is 3.20. The molecule has 0 bridgehead atoms. The van der Waals surface area contributed by atoms with Crippen LogP contribution in [0.4, 0.5) is 0 Å². The van der Waals surface area contributed by atoms with Crippen LogP contribution in [0.3, 0.4) is 0 Å². The summed E-state index contributed by atoms with van der Waals surface area (Å²) in [6.45, 7) is 2.87. The predicted molar refractivity (Wildman–Crippen MR) is 80.2 cm³/mol. The molecule has 1 aliphatic heterocycles. The van der Waals surface area contributed by atoms with Gasteiger partial charge >= 0.3 is 0 Å². The Kier molecular flexibility index (Phi) is 3.00. The second kappa shape index (κ2) is 5.00. The van der Waals surface area contributed by atoms with Crippen molar-refractivity contribution in [1.29, 1.82) is 0 Å². The molecule has 0 spiro atoms. The number of fused-ring (bicyclic) bond motifs is 1. The third-order valence-electron chi connectivity index (χ3n) is 4.18. The molecule has 1 atom stereocenters. The van der Waals surface area contributed by atoms with E-state index in [0.717, 1.165) is 42.3 Å². The van der Waals surface area contributed by atoms with Crippen molar-refractivity contribution in [3.63, 3.8) is 0 Å². The number of hydrogen-bond donors (Lipinski definition) is 0. The molecule has 1 aliphatic rings. The number of nitrogens with zero attached hydrogens (tertiary/aromatic N) is 4. The van der Waals surface area contributed by atoms with Crippen LogP contribution in [-0.4, -0.2) is 39.6 Å². The number of imidazole rings is 1. The molecule has 0 aromatic carbocycles. The summed E-state index contributed by atoms with van der Waals surface area (Å²) in [6, 6.07) is 7.89. The van der Waals surface area contributed by atoms with Gasteiger partial charge in [-0.05, 0) is 44.3 Å². The number of furan rings is 1. The molecule has 108 valence electrons. The third-order valence-corrected chi connectivity index (χ3v) is 4.18. The van der Waals surface area contributed by atoms with Crippen LogP contribution in [0, 0.1) is 0 Å².